The Bertz CT molecular complexity index is 745. The predicted molar refractivity (Wildman–Crippen MR) is 65.9 cm³/mol. The third kappa shape index (κ3) is 1.93. The minimum Gasteiger partial charge on any atom is -0.245 e. The first kappa shape index (κ1) is 11.1. The average Bonchev–Trinajstić information content (AvgIpc) is 2.96. The predicted octanol–water partition coefficient (Wildman–Crippen LogP) is 0.987. The zero-order valence-electron chi connectivity index (χ0n) is 8.89. The van der Waals surface area contributed by atoms with E-state index in [4.69, 9.17) is 0 Å². The SMILES string of the molecule is O=S(=O)(Nc1nc2ncccn2n1)c1cccs1. The second-order valence-electron chi connectivity index (χ2n) is 3.34. The number of hydrogen-bond donors (Lipinski definition) is 1. The molecule has 0 unspecified atom stereocenters. The molecular formula is C9H7N5O2S2. The zero-order valence-corrected chi connectivity index (χ0v) is 10.5. The smallest absolute Gasteiger partial charge is 0.245 e. The highest BCUT2D eigenvalue weighted by Gasteiger charge is 2.17. The van der Waals surface area contributed by atoms with Crippen molar-refractivity contribution in [3.8, 4) is 0 Å². The zero-order chi connectivity index (χ0) is 12.6. The normalized spacial score (nSPS) is 11.8. The molecule has 0 saturated carbocycles. The van der Waals surface area contributed by atoms with Crippen LogP contribution in [0.1, 0.15) is 0 Å². The molecular weight excluding hydrogens is 274 g/mol. The number of aromatic nitrogens is 4. The highest BCUT2D eigenvalue weighted by molar-refractivity contribution is 7.94. The van der Waals surface area contributed by atoms with Crippen LogP contribution in [0.2, 0.25) is 0 Å². The summed E-state index contributed by atoms with van der Waals surface area (Å²) in [6.07, 6.45) is 3.19. The molecule has 0 aromatic carbocycles. The van der Waals surface area contributed by atoms with Gasteiger partial charge in [0.15, 0.2) is 0 Å². The van der Waals surface area contributed by atoms with Crippen LogP contribution in [-0.2, 0) is 10.0 Å². The number of nitrogens with one attached hydrogen (secondary N) is 1. The third-order valence-corrected chi connectivity index (χ3v) is 4.83. The highest BCUT2D eigenvalue weighted by Crippen LogP contribution is 2.18. The molecule has 0 amide bonds. The summed E-state index contributed by atoms with van der Waals surface area (Å²) in [5.74, 6) is 0.337. The summed E-state index contributed by atoms with van der Waals surface area (Å²) in [7, 11) is -3.62. The van der Waals surface area contributed by atoms with Gasteiger partial charge in [0.2, 0.25) is 0 Å². The van der Waals surface area contributed by atoms with Crippen LogP contribution in [0.25, 0.3) is 5.78 Å². The van der Waals surface area contributed by atoms with E-state index in [1.807, 2.05) is 0 Å². The Hall–Kier alpha value is -2.00. The Labute approximate surface area is 106 Å². The van der Waals surface area contributed by atoms with Crippen molar-refractivity contribution in [3.05, 3.63) is 36.0 Å². The summed E-state index contributed by atoms with van der Waals surface area (Å²) in [6.45, 7) is 0. The summed E-state index contributed by atoms with van der Waals surface area (Å²) in [4.78, 5) is 7.91. The van der Waals surface area contributed by atoms with Crippen molar-refractivity contribution in [2.75, 3.05) is 4.72 Å². The lowest BCUT2D eigenvalue weighted by molar-refractivity contribution is 0.602. The van der Waals surface area contributed by atoms with E-state index < -0.39 is 10.0 Å². The molecule has 18 heavy (non-hydrogen) atoms. The van der Waals surface area contributed by atoms with Crippen molar-refractivity contribution < 1.29 is 8.42 Å². The largest absolute Gasteiger partial charge is 0.273 e. The highest BCUT2D eigenvalue weighted by atomic mass is 32.2. The number of hydrogen-bond acceptors (Lipinski definition) is 6. The molecule has 0 aliphatic heterocycles. The summed E-state index contributed by atoms with van der Waals surface area (Å²) >= 11 is 1.13. The molecule has 0 bridgehead atoms. The Morgan fingerprint density at radius 3 is 2.94 bits per heavy atom. The Balaban J connectivity index is 1.97. The van der Waals surface area contributed by atoms with Gasteiger partial charge in [-0.1, -0.05) is 6.07 Å². The molecule has 0 radical (unpaired) electrons. The minimum atomic E-state index is -3.62. The summed E-state index contributed by atoms with van der Waals surface area (Å²) < 4.78 is 27.8. The van der Waals surface area contributed by atoms with Crippen molar-refractivity contribution in [1.82, 2.24) is 19.6 Å². The maximum atomic E-state index is 11.9. The fourth-order valence-corrected chi connectivity index (χ4v) is 3.29. The van der Waals surface area contributed by atoms with E-state index in [1.165, 1.54) is 10.6 Å². The van der Waals surface area contributed by atoms with Gasteiger partial charge in [0.05, 0.1) is 0 Å². The fraction of sp³-hybridized carbons (Fsp3) is 0. The Morgan fingerprint density at radius 1 is 1.33 bits per heavy atom. The molecule has 3 rings (SSSR count). The summed E-state index contributed by atoms with van der Waals surface area (Å²) in [5, 5.41) is 5.65. The van der Waals surface area contributed by atoms with Gasteiger partial charge >= 0.3 is 0 Å². The quantitative estimate of drug-likeness (QED) is 0.773. The molecule has 0 saturated heterocycles. The Morgan fingerprint density at radius 2 is 2.22 bits per heavy atom. The molecule has 0 spiro atoms. The van der Waals surface area contributed by atoms with E-state index in [9.17, 15) is 8.42 Å². The monoisotopic (exact) mass is 281 g/mol. The van der Waals surface area contributed by atoms with Crippen LogP contribution in [0.3, 0.4) is 0 Å². The van der Waals surface area contributed by atoms with Gasteiger partial charge < -0.3 is 0 Å². The number of thiophene rings is 1. The van der Waals surface area contributed by atoms with Gasteiger partial charge in [-0.2, -0.15) is 4.98 Å². The van der Waals surface area contributed by atoms with Crippen LogP contribution in [0.4, 0.5) is 5.95 Å². The van der Waals surface area contributed by atoms with Crippen LogP contribution in [0, 0.1) is 0 Å². The maximum absolute atomic E-state index is 11.9. The first-order chi connectivity index (χ1) is 8.65. The molecule has 0 aliphatic carbocycles. The van der Waals surface area contributed by atoms with Crippen LogP contribution in [-0.4, -0.2) is 28.0 Å². The second-order valence-corrected chi connectivity index (χ2v) is 6.19. The van der Waals surface area contributed by atoms with Crippen molar-refractivity contribution in [2.45, 2.75) is 4.21 Å². The summed E-state index contributed by atoms with van der Waals surface area (Å²) in [5.41, 5.74) is 0. The first-order valence-corrected chi connectivity index (χ1v) is 7.25. The van der Waals surface area contributed by atoms with E-state index in [0.29, 0.717) is 5.78 Å². The second kappa shape index (κ2) is 4.03. The molecule has 0 atom stereocenters. The number of anilines is 1. The lowest BCUT2D eigenvalue weighted by Crippen LogP contribution is -2.12. The van der Waals surface area contributed by atoms with E-state index >= 15 is 0 Å². The van der Waals surface area contributed by atoms with Gasteiger partial charge in [-0.25, -0.2) is 22.6 Å². The van der Waals surface area contributed by atoms with Crippen molar-refractivity contribution in [3.63, 3.8) is 0 Å². The maximum Gasteiger partial charge on any atom is 0.273 e. The van der Waals surface area contributed by atoms with E-state index in [1.54, 1.807) is 29.9 Å². The standard InChI is InChI=1S/C9H7N5O2S2/c15-18(16,7-3-1-6-17-7)13-8-11-9-10-4-2-5-14(9)12-8/h1-6H,(H,12,13). The van der Waals surface area contributed by atoms with Crippen molar-refractivity contribution in [2.24, 2.45) is 0 Å². The topological polar surface area (TPSA) is 89.2 Å². The van der Waals surface area contributed by atoms with Gasteiger partial charge in [-0.05, 0) is 17.5 Å². The number of fused-ring (bicyclic) bond motifs is 1. The van der Waals surface area contributed by atoms with E-state index in [0.717, 1.165) is 11.3 Å². The molecule has 3 heterocycles. The van der Waals surface area contributed by atoms with Crippen LogP contribution in [0.15, 0.2) is 40.2 Å². The van der Waals surface area contributed by atoms with Gasteiger partial charge in [-0.3, -0.25) is 0 Å². The van der Waals surface area contributed by atoms with Gasteiger partial charge in [0.25, 0.3) is 21.7 Å². The van der Waals surface area contributed by atoms with Crippen LogP contribution >= 0.6 is 11.3 Å². The average molecular weight is 281 g/mol. The molecule has 3 aromatic rings. The number of nitrogens with zero attached hydrogens (tertiary/aromatic N) is 4. The molecule has 0 aliphatic rings. The Kier molecular flexibility index (Phi) is 2.49. The molecule has 0 fully saturated rings. The van der Waals surface area contributed by atoms with Crippen LogP contribution < -0.4 is 4.72 Å². The third-order valence-electron chi connectivity index (χ3n) is 2.10. The molecule has 7 nitrogen and oxygen atoms in total. The van der Waals surface area contributed by atoms with E-state index in [-0.39, 0.29) is 10.2 Å². The number of sulfonamides is 1. The number of rotatable bonds is 3. The lowest BCUT2D eigenvalue weighted by Gasteiger charge is -1.99. The minimum absolute atomic E-state index is 0.00194. The van der Waals surface area contributed by atoms with Crippen molar-refractivity contribution in [1.29, 1.82) is 0 Å². The molecule has 1 N–H and O–H groups in total. The van der Waals surface area contributed by atoms with Gasteiger partial charge in [-0.15, -0.1) is 16.4 Å². The molecule has 9 heteroatoms. The molecule has 92 valence electrons. The van der Waals surface area contributed by atoms with Gasteiger partial charge in [0, 0.05) is 12.4 Å². The van der Waals surface area contributed by atoms with Gasteiger partial charge in [0.1, 0.15) is 4.21 Å². The lowest BCUT2D eigenvalue weighted by atomic mass is 10.7. The first-order valence-electron chi connectivity index (χ1n) is 4.89. The fourth-order valence-electron chi connectivity index (χ4n) is 1.36. The van der Waals surface area contributed by atoms with Crippen LogP contribution in [0.5, 0.6) is 0 Å². The van der Waals surface area contributed by atoms with Crippen molar-refractivity contribution >= 4 is 33.1 Å². The summed E-state index contributed by atoms with van der Waals surface area (Å²) in [6, 6.07) is 4.86. The van der Waals surface area contributed by atoms with E-state index in [2.05, 4.69) is 19.8 Å². The molecule has 3 aromatic heterocycles.